The van der Waals surface area contributed by atoms with Crippen LogP contribution < -0.4 is 25.3 Å². The Kier molecular flexibility index (Phi) is 11.6. The molecule has 3 rings (SSSR count). The second-order valence-corrected chi connectivity index (χ2v) is 10.4. The zero-order valence-corrected chi connectivity index (χ0v) is 21.7. The second-order valence-electron chi connectivity index (χ2n) is 8.25. The van der Waals surface area contributed by atoms with E-state index in [1.54, 1.807) is 30.7 Å². The zero-order chi connectivity index (χ0) is 29.9. The number of halogens is 13. The summed E-state index contributed by atoms with van der Waals surface area (Å²) in [5.41, 5.74) is -2.80. The van der Waals surface area contributed by atoms with E-state index in [9.17, 15) is 52.5 Å². The van der Waals surface area contributed by atoms with E-state index < -0.39 is 50.7 Å². The third kappa shape index (κ3) is 9.38. The number of rotatable bonds is 4. The summed E-state index contributed by atoms with van der Waals surface area (Å²) in [6, 6.07) is 7.40. The Balaban J connectivity index is 0.00000150. The Bertz CT molecular complexity index is 1250. The zero-order valence-electron chi connectivity index (χ0n) is 20.8. The van der Waals surface area contributed by atoms with E-state index in [2.05, 4.69) is 0 Å². The molecule has 1 unspecified atom stereocenters. The van der Waals surface area contributed by atoms with Crippen LogP contribution in [-0.2, 0) is 25.1 Å². The van der Waals surface area contributed by atoms with Crippen molar-refractivity contribution >= 4 is 31.5 Å². The molecule has 1 nitrogen and oxygen atoms in total. The number of nitrogens with zero attached hydrogens (tertiary/aromatic N) is 1. The third-order valence-corrected chi connectivity index (χ3v) is 7.61. The number of hydrogen-bond acceptors (Lipinski definition) is 0. The van der Waals surface area contributed by atoms with Crippen LogP contribution in [0.3, 0.4) is 0 Å². The lowest BCUT2D eigenvalue weighted by Gasteiger charge is -2.22. The summed E-state index contributed by atoms with van der Waals surface area (Å²) >= 11 is 0. The van der Waals surface area contributed by atoms with Gasteiger partial charge in [-0.2, -0.15) is 44.1 Å². The van der Waals surface area contributed by atoms with Gasteiger partial charge in [0.2, 0.25) is 5.44 Å². The summed E-state index contributed by atoms with van der Waals surface area (Å²) in [6.45, 7) is 5.17. The highest BCUT2D eigenvalue weighted by Gasteiger charge is 2.39. The average molecular weight is 611 g/mol. The molecule has 0 bridgehead atoms. The summed E-state index contributed by atoms with van der Waals surface area (Å²) in [7, 11) is -5.89. The molecule has 0 radical (unpaired) electrons. The monoisotopic (exact) mass is 611 g/mol. The number of hydrogen-bond donors (Lipinski definition) is 0. The first-order valence-corrected chi connectivity index (χ1v) is 12.3. The molecule has 0 aliphatic rings. The molecule has 40 heavy (non-hydrogen) atoms. The first-order chi connectivity index (χ1) is 17.7. The normalized spacial score (nSPS) is 12.7. The lowest BCUT2D eigenvalue weighted by Crippen LogP contribution is -3.00. The Labute approximate surface area is 222 Å². The maximum atomic E-state index is 13.6. The molecule has 0 saturated carbocycles. The first kappa shape index (κ1) is 35.2. The predicted molar refractivity (Wildman–Crippen MR) is 125 cm³/mol. The maximum absolute atomic E-state index is 13.6. The summed E-state index contributed by atoms with van der Waals surface area (Å²) in [5, 5.41) is -0.363. The quantitative estimate of drug-likeness (QED) is 0.179. The van der Waals surface area contributed by atoms with Crippen molar-refractivity contribution in [2.24, 2.45) is 0 Å². The fourth-order valence-corrected chi connectivity index (χ4v) is 6.29. The number of pyridine rings is 1. The van der Waals surface area contributed by atoms with Gasteiger partial charge in [-0.1, -0.05) is 6.07 Å². The third-order valence-electron chi connectivity index (χ3n) is 5.20. The molecule has 0 fully saturated rings. The summed E-state index contributed by atoms with van der Waals surface area (Å²) in [5.74, 6) is 0. The van der Waals surface area contributed by atoms with Gasteiger partial charge in [-0.3, -0.25) is 12.9 Å². The van der Waals surface area contributed by atoms with E-state index >= 15 is 0 Å². The van der Waals surface area contributed by atoms with Crippen LogP contribution in [0.5, 0.6) is 0 Å². The van der Waals surface area contributed by atoms with Crippen LogP contribution in [0, 0.1) is 13.8 Å². The molecule has 0 aliphatic heterocycles. The lowest BCUT2D eigenvalue weighted by molar-refractivity contribution is -0.676. The Morgan fingerprint density at radius 2 is 1.05 bits per heavy atom. The first-order valence-electron chi connectivity index (χ1n) is 10.9. The van der Waals surface area contributed by atoms with Gasteiger partial charge in [0.1, 0.15) is 6.54 Å². The number of benzene rings is 2. The van der Waals surface area contributed by atoms with Gasteiger partial charge >= 0.3 is 26.1 Å². The van der Waals surface area contributed by atoms with E-state index in [1.807, 2.05) is 0 Å². The molecular formula is C24H20BF13NP. The van der Waals surface area contributed by atoms with Crippen molar-refractivity contribution in [3.8, 4) is 0 Å². The molecule has 1 aromatic heterocycles. The standard InChI is InChI=1S/C24H20F9NP.BF3.FH/c1-4-34-13-14(2)5-6-21(34)35(19-8-15(3)7-16(10-19)22(25,26)27)20-11-17(23(28,29)30)9-18(12-20)24(31,32)33;2-1(3)4;/h5-13H,4H2,1-3H3;;1H/q+1;;/p-1. The Morgan fingerprint density at radius 1 is 0.650 bits per heavy atom. The van der Waals surface area contributed by atoms with E-state index in [1.165, 1.54) is 19.1 Å². The van der Waals surface area contributed by atoms with Crippen molar-refractivity contribution in [1.82, 2.24) is 0 Å². The van der Waals surface area contributed by atoms with Crippen molar-refractivity contribution < 1.29 is 61.7 Å². The largest absolute Gasteiger partial charge is 1.00 e. The molecular weight excluding hydrogens is 591 g/mol. The minimum absolute atomic E-state index is 0. The lowest BCUT2D eigenvalue weighted by atomic mass is 10.1. The smallest absolute Gasteiger partial charge is 0.762 e. The van der Waals surface area contributed by atoms with Gasteiger partial charge in [0.15, 0.2) is 6.20 Å². The van der Waals surface area contributed by atoms with Gasteiger partial charge in [-0.15, -0.1) is 0 Å². The topological polar surface area (TPSA) is 3.88 Å². The number of aromatic nitrogens is 1. The summed E-state index contributed by atoms with van der Waals surface area (Å²) in [6.07, 6.45) is -13.3. The molecule has 0 saturated heterocycles. The minimum Gasteiger partial charge on any atom is -1.00 e. The van der Waals surface area contributed by atoms with Crippen LogP contribution in [0.1, 0.15) is 34.7 Å². The fourth-order valence-electron chi connectivity index (χ4n) is 3.65. The molecule has 0 amide bonds. The maximum Gasteiger partial charge on any atom is 0.762 e. The molecule has 3 aromatic rings. The summed E-state index contributed by atoms with van der Waals surface area (Å²) in [4.78, 5) is 0. The van der Waals surface area contributed by atoms with Crippen molar-refractivity contribution in [1.29, 1.82) is 0 Å². The van der Waals surface area contributed by atoms with Gasteiger partial charge in [0.25, 0.3) is 0 Å². The fraction of sp³-hybridized carbons (Fsp3) is 0.292. The average Bonchev–Trinajstić information content (AvgIpc) is 2.77. The SMILES string of the molecule is CC[n+]1cc(C)ccc1P(c1cc(C)cc(C(F)(F)F)c1)c1cc(C(F)(F)F)cc(C(F)(F)F)c1.FB(F)F.[F-]. The van der Waals surface area contributed by atoms with E-state index in [4.69, 9.17) is 0 Å². The van der Waals surface area contributed by atoms with Crippen LogP contribution >= 0.6 is 7.92 Å². The molecule has 220 valence electrons. The van der Waals surface area contributed by atoms with Gasteiger partial charge in [0, 0.05) is 11.6 Å². The van der Waals surface area contributed by atoms with E-state index in [-0.39, 0.29) is 26.9 Å². The van der Waals surface area contributed by atoms with Gasteiger partial charge in [-0.25, -0.2) is 0 Å². The van der Waals surface area contributed by atoms with Crippen LogP contribution in [0.2, 0.25) is 0 Å². The van der Waals surface area contributed by atoms with Gasteiger partial charge in [-0.05, 0) is 73.3 Å². The van der Waals surface area contributed by atoms with Gasteiger partial charge in [0.05, 0.1) is 24.6 Å². The Hall–Kier alpha value is -2.83. The number of aryl methyl sites for hydroxylation is 3. The van der Waals surface area contributed by atoms with E-state index in [0.29, 0.717) is 24.1 Å². The van der Waals surface area contributed by atoms with Gasteiger partial charge < -0.3 is 4.70 Å². The molecule has 0 N–H and O–H groups in total. The molecule has 16 heteroatoms. The highest BCUT2D eigenvalue weighted by molar-refractivity contribution is 7.79. The van der Waals surface area contributed by atoms with Crippen molar-refractivity contribution in [3.05, 3.63) is 82.5 Å². The van der Waals surface area contributed by atoms with Crippen molar-refractivity contribution in [2.45, 2.75) is 45.8 Å². The van der Waals surface area contributed by atoms with E-state index in [0.717, 1.165) is 17.7 Å². The van der Waals surface area contributed by atoms with Crippen LogP contribution in [-0.4, -0.2) is 7.54 Å². The van der Waals surface area contributed by atoms with Crippen LogP contribution in [0.25, 0.3) is 0 Å². The van der Waals surface area contributed by atoms with Crippen LogP contribution in [0.15, 0.2) is 54.7 Å². The molecule has 0 aliphatic carbocycles. The molecule has 2 aromatic carbocycles. The van der Waals surface area contributed by atoms with Crippen molar-refractivity contribution in [2.75, 3.05) is 0 Å². The molecule has 0 spiro atoms. The highest BCUT2D eigenvalue weighted by atomic mass is 31.1. The summed E-state index contributed by atoms with van der Waals surface area (Å²) < 4.78 is 153. The predicted octanol–water partition coefficient (Wildman–Crippen LogP) is 4.31. The van der Waals surface area contributed by atoms with Crippen molar-refractivity contribution in [3.63, 3.8) is 0 Å². The van der Waals surface area contributed by atoms with Crippen LogP contribution in [0.4, 0.5) is 52.5 Å². The highest BCUT2D eigenvalue weighted by Crippen LogP contribution is 2.40. The minimum atomic E-state index is -5.09. The second kappa shape index (κ2) is 13.2. The number of alkyl halides is 9. The Morgan fingerprint density at radius 3 is 1.45 bits per heavy atom. The molecule has 1 atom stereocenters. The molecule has 1 heterocycles.